The van der Waals surface area contributed by atoms with Gasteiger partial charge in [-0.05, 0) is 41.0 Å². The number of methoxy groups -OCH3 is 2. The fourth-order valence-electron chi connectivity index (χ4n) is 5.44. The van der Waals surface area contributed by atoms with Gasteiger partial charge in [-0.1, -0.05) is 54.6 Å². The third-order valence-corrected chi connectivity index (χ3v) is 7.57. The van der Waals surface area contributed by atoms with Crippen molar-refractivity contribution in [2.45, 2.75) is 30.5 Å². The molecule has 6 rings (SSSR count). The zero-order chi connectivity index (χ0) is 29.3. The molecule has 216 valence electrons. The minimum Gasteiger partial charge on any atom is -0.497 e. The predicted molar refractivity (Wildman–Crippen MR) is 152 cm³/mol. The Kier molecular flexibility index (Phi) is 7.46. The number of hydrogen-bond donors (Lipinski definition) is 2. The number of nitrogens with two attached hydrogens (primary N) is 1. The first-order valence-corrected chi connectivity index (χ1v) is 13.4. The van der Waals surface area contributed by atoms with Gasteiger partial charge in [-0.3, -0.25) is 4.57 Å². The van der Waals surface area contributed by atoms with Crippen LogP contribution < -0.4 is 15.2 Å². The van der Waals surface area contributed by atoms with Gasteiger partial charge in [0.15, 0.2) is 17.0 Å². The van der Waals surface area contributed by atoms with E-state index in [0.717, 1.165) is 16.7 Å². The number of hydrogen-bond acceptors (Lipinski definition) is 9. The molecule has 42 heavy (non-hydrogen) atoms. The second-order valence-electron chi connectivity index (χ2n) is 9.95. The molecule has 0 radical (unpaired) electrons. The molecule has 3 N–H and O–H groups in total. The second kappa shape index (κ2) is 11.4. The fourth-order valence-corrected chi connectivity index (χ4v) is 5.44. The predicted octanol–water partition coefficient (Wildman–Crippen LogP) is 4.22. The number of benzene rings is 3. The molecule has 10 nitrogen and oxygen atoms in total. The number of imidazole rings is 1. The average molecular weight is 572 g/mol. The highest BCUT2D eigenvalue weighted by atomic mass is 19.1. The Morgan fingerprint density at radius 2 is 1.52 bits per heavy atom. The molecule has 3 aromatic carbocycles. The van der Waals surface area contributed by atoms with E-state index in [2.05, 4.69) is 15.0 Å². The summed E-state index contributed by atoms with van der Waals surface area (Å²) in [4.78, 5) is 11.6. The van der Waals surface area contributed by atoms with Gasteiger partial charge < -0.3 is 29.8 Å². The summed E-state index contributed by atoms with van der Waals surface area (Å²) in [5.41, 5.74) is 7.79. The summed E-state index contributed by atoms with van der Waals surface area (Å²) in [5.74, 6) is 1.35. The summed E-state index contributed by atoms with van der Waals surface area (Å²) in [5, 5.41) is 11.1. The van der Waals surface area contributed by atoms with Gasteiger partial charge >= 0.3 is 6.08 Å². The molecule has 5 aromatic rings. The molecule has 1 unspecified atom stereocenters. The van der Waals surface area contributed by atoms with Gasteiger partial charge in [-0.2, -0.15) is 14.4 Å². The van der Waals surface area contributed by atoms with Crippen LogP contribution in [0.4, 0.5) is 10.2 Å². The molecule has 0 amide bonds. The van der Waals surface area contributed by atoms with E-state index in [0.29, 0.717) is 11.5 Å². The molecular formula is C31H30FN5O5. The fraction of sp³-hybridized carbons (Fsp3) is 0.258. The molecule has 3 atom stereocenters. The van der Waals surface area contributed by atoms with Gasteiger partial charge in [0.1, 0.15) is 29.4 Å². The lowest BCUT2D eigenvalue weighted by atomic mass is 9.80. The average Bonchev–Trinajstić information content (AvgIpc) is 3.61. The topological polar surface area (TPSA) is 127 Å². The van der Waals surface area contributed by atoms with Crippen LogP contribution in [0.3, 0.4) is 0 Å². The summed E-state index contributed by atoms with van der Waals surface area (Å²) < 4.78 is 39.5. The van der Waals surface area contributed by atoms with E-state index in [9.17, 15) is 9.50 Å². The van der Waals surface area contributed by atoms with E-state index < -0.39 is 30.1 Å². The number of aliphatic hydroxyl groups excluding tert-OH is 1. The Balaban J connectivity index is 1.37. The Hall–Kier alpha value is -4.58. The lowest BCUT2D eigenvalue weighted by Crippen LogP contribution is -2.38. The van der Waals surface area contributed by atoms with Crippen LogP contribution in [0.15, 0.2) is 85.2 Å². The summed E-state index contributed by atoms with van der Waals surface area (Å²) in [6.07, 6.45) is -1.55. The zero-order valence-corrected chi connectivity index (χ0v) is 23.1. The van der Waals surface area contributed by atoms with Crippen LogP contribution in [-0.4, -0.2) is 57.7 Å². The van der Waals surface area contributed by atoms with Crippen molar-refractivity contribution < 1.29 is 28.4 Å². The molecule has 1 aliphatic rings. The number of aromatic nitrogens is 4. The lowest BCUT2D eigenvalue weighted by Gasteiger charge is -2.37. The number of aliphatic hydroxyl groups is 1. The first-order chi connectivity index (χ1) is 20.4. The van der Waals surface area contributed by atoms with E-state index in [1.807, 2.05) is 78.9 Å². The number of rotatable bonds is 9. The Morgan fingerprint density at radius 3 is 2.12 bits per heavy atom. The van der Waals surface area contributed by atoms with Crippen molar-refractivity contribution in [3.05, 3.63) is 108 Å². The van der Waals surface area contributed by atoms with Crippen molar-refractivity contribution in [1.82, 2.24) is 19.5 Å². The van der Waals surface area contributed by atoms with Crippen molar-refractivity contribution in [2.24, 2.45) is 0 Å². The lowest BCUT2D eigenvalue weighted by molar-refractivity contribution is -0.0931. The van der Waals surface area contributed by atoms with E-state index in [4.69, 9.17) is 24.7 Å². The summed E-state index contributed by atoms with van der Waals surface area (Å²) in [6, 6.07) is 25.2. The number of fused-ring (bicyclic) bond motifs is 1. The highest BCUT2D eigenvalue weighted by Gasteiger charge is 2.42. The zero-order valence-electron chi connectivity index (χ0n) is 23.1. The maximum absolute atomic E-state index is 14.0. The molecule has 0 aliphatic carbocycles. The van der Waals surface area contributed by atoms with Gasteiger partial charge in [0.2, 0.25) is 0 Å². The smallest absolute Gasteiger partial charge is 0.312 e. The van der Waals surface area contributed by atoms with Crippen molar-refractivity contribution in [3.63, 3.8) is 0 Å². The first kappa shape index (κ1) is 27.6. The number of nitrogens with zero attached hydrogens (tertiary/aromatic N) is 4. The van der Waals surface area contributed by atoms with E-state index in [-0.39, 0.29) is 30.0 Å². The third-order valence-electron chi connectivity index (χ3n) is 7.57. The standard InChI is InChI=1S/C31H30FN5O5/c1-39-22-12-8-20(9-13-22)31(19-6-4-3-5-7-19,21-10-14-23(40-2)15-11-21)41-17-25-24(38)16-26(42-25)37-18-34-27-28(33)35-30(32)36-29(27)37/h3-15,18,24-26,38H,16-17H2,1-2H3,(H2,33,35,36)/t24?,25-,26-/m1/s1. The monoisotopic (exact) mass is 571 g/mol. The molecule has 0 spiro atoms. The molecule has 0 saturated carbocycles. The number of halogens is 1. The molecule has 11 heteroatoms. The quantitative estimate of drug-likeness (QED) is 0.197. The normalized spacial score (nSPS) is 18.8. The molecule has 0 bridgehead atoms. The molecule has 1 fully saturated rings. The minimum atomic E-state index is -1.08. The molecule has 2 aromatic heterocycles. The number of anilines is 1. The Labute approximate surface area is 241 Å². The van der Waals surface area contributed by atoms with Gasteiger partial charge in [0.25, 0.3) is 0 Å². The van der Waals surface area contributed by atoms with Gasteiger partial charge in [0, 0.05) is 6.42 Å². The van der Waals surface area contributed by atoms with Crippen molar-refractivity contribution >= 4 is 17.0 Å². The van der Waals surface area contributed by atoms with Crippen molar-refractivity contribution in [3.8, 4) is 11.5 Å². The SMILES string of the molecule is COc1ccc(C(OC[C@H]2O[C@@H](n3cnc4c(N)nc(F)nc43)CC2O)(c2ccccc2)c2ccc(OC)cc2)cc1. The van der Waals surface area contributed by atoms with Crippen LogP contribution in [0.5, 0.6) is 11.5 Å². The maximum atomic E-state index is 14.0. The van der Waals surface area contributed by atoms with E-state index >= 15 is 0 Å². The summed E-state index contributed by atoms with van der Waals surface area (Å²) >= 11 is 0. The Morgan fingerprint density at radius 1 is 0.929 bits per heavy atom. The van der Waals surface area contributed by atoms with Crippen LogP contribution in [-0.2, 0) is 15.1 Å². The van der Waals surface area contributed by atoms with Crippen LogP contribution in [0.1, 0.15) is 29.3 Å². The third kappa shape index (κ3) is 4.91. The van der Waals surface area contributed by atoms with Crippen LogP contribution in [0.25, 0.3) is 11.2 Å². The highest BCUT2D eigenvalue weighted by molar-refractivity contribution is 5.81. The number of nitrogen functional groups attached to an aromatic ring is 1. The largest absolute Gasteiger partial charge is 0.497 e. The molecule has 1 saturated heterocycles. The van der Waals surface area contributed by atoms with Gasteiger partial charge in [-0.25, -0.2) is 4.98 Å². The Bertz CT molecular complexity index is 1620. The van der Waals surface area contributed by atoms with Crippen LogP contribution in [0, 0.1) is 6.08 Å². The second-order valence-corrected chi connectivity index (χ2v) is 9.95. The minimum absolute atomic E-state index is 0.0305. The molecule has 3 heterocycles. The van der Waals surface area contributed by atoms with Crippen LogP contribution >= 0.6 is 0 Å². The summed E-state index contributed by atoms with van der Waals surface area (Å²) in [7, 11) is 3.24. The van der Waals surface area contributed by atoms with E-state index in [1.165, 1.54) is 6.33 Å². The van der Waals surface area contributed by atoms with Gasteiger partial charge in [0.05, 0.1) is 33.3 Å². The van der Waals surface area contributed by atoms with Crippen LogP contribution in [0.2, 0.25) is 0 Å². The molecule has 1 aliphatic heterocycles. The number of ether oxygens (including phenoxy) is 4. The van der Waals surface area contributed by atoms with Crippen molar-refractivity contribution in [2.75, 3.05) is 26.6 Å². The first-order valence-electron chi connectivity index (χ1n) is 13.4. The van der Waals surface area contributed by atoms with Crippen molar-refractivity contribution in [1.29, 1.82) is 0 Å². The highest BCUT2D eigenvalue weighted by Crippen LogP contribution is 2.43. The maximum Gasteiger partial charge on any atom is 0.312 e. The summed E-state index contributed by atoms with van der Waals surface area (Å²) in [6.45, 7) is 0.0305. The van der Waals surface area contributed by atoms with Gasteiger partial charge in [-0.15, -0.1) is 0 Å². The molecular weight excluding hydrogens is 541 g/mol. The van der Waals surface area contributed by atoms with E-state index in [1.54, 1.807) is 18.8 Å².